The molecule has 3 heterocycles. The molecule has 0 unspecified atom stereocenters. The summed E-state index contributed by atoms with van der Waals surface area (Å²) in [5.74, 6) is 1.88. The monoisotopic (exact) mass is 605 g/mol. The highest BCUT2D eigenvalue weighted by Gasteiger charge is 2.23. The highest BCUT2D eigenvalue weighted by Crippen LogP contribution is 2.41. The van der Waals surface area contributed by atoms with Crippen LogP contribution in [-0.2, 0) is 0 Å². The van der Waals surface area contributed by atoms with Gasteiger partial charge in [0, 0.05) is 38.4 Å². The fourth-order valence-corrected chi connectivity index (χ4v) is 7.01. The molecule has 224 valence electrons. The molecule has 0 radical (unpaired) electrons. The average molecular weight is 606 g/mol. The summed E-state index contributed by atoms with van der Waals surface area (Å²) in [4.78, 5) is 15.5. The lowest BCUT2D eigenvalue weighted by molar-refractivity contribution is 0.953. The third kappa shape index (κ3) is 4.35. The first-order valence-corrected chi connectivity index (χ1v) is 16.0. The molecular formula is C42H31N5. The van der Waals surface area contributed by atoms with Crippen LogP contribution < -0.4 is 0 Å². The topological polar surface area (TPSA) is 48.5 Å². The zero-order valence-corrected chi connectivity index (χ0v) is 26.4. The predicted octanol–water partition coefficient (Wildman–Crippen LogP) is 10.3. The van der Waals surface area contributed by atoms with Gasteiger partial charge in [0.2, 0.25) is 5.95 Å². The van der Waals surface area contributed by atoms with Gasteiger partial charge in [0.15, 0.2) is 11.6 Å². The first-order valence-electron chi connectivity index (χ1n) is 16.0. The minimum absolute atomic E-state index is 0.591. The molecule has 0 saturated heterocycles. The largest absolute Gasteiger partial charge is 0.307 e. The zero-order valence-electron chi connectivity index (χ0n) is 26.4. The molecule has 3 aromatic heterocycles. The number of para-hydroxylation sites is 2. The molecule has 0 spiro atoms. The van der Waals surface area contributed by atoms with Crippen molar-refractivity contribution in [3.8, 4) is 34.4 Å². The van der Waals surface area contributed by atoms with E-state index in [-0.39, 0.29) is 0 Å². The maximum atomic E-state index is 5.24. The molecule has 0 aliphatic heterocycles. The Labute approximate surface area is 272 Å². The fourth-order valence-electron chi connectivity index (χ4n) is 7.01. The van der Waals surface area contributed by atoms with Gasteiger partial charge in [-0.25, -0.2) is 4.98 Å². The summed E-state index contributed by atoms with van der Waals surface area (Å²) in [7, 11) is 0. The second-order valence-corrected chi connectivity index (χ2v) is 12.4. The molecule has 5 nitrogen and oxygen atoms in total. The van der Waals surface area contributed by atoms with Crippen LogP contribution in [0.15, 0.2) is 133 Å². The summed E-state index contributed by atoms with van der Waals surface area (Å²) in [5.41, 5.74) is 11.0. The molecule has 6 aromatic carbocycles. The summed E-state index contributed by atoms with van der Waals surface area (Å²) < 4.78 is 4.64. The zero-order chi connectivity index (χ0) is 31.6. The number of aromatic nitrogens is 5. The maximum Gasteiger partial charge on any atom is 0.238 e. The van der Waals surface area contributed by atoms with Gasteiger partial charge in [0.05, 0.1) is 22.1 Å². The van der Waals surface area contributed by atoms with Crippen LogP contribution in [0.3, 0.4) is 0 Å². The van der Waals surface area contributed by atoms with Crippen molar-refractivity contribution in [1.82, 2.24) is 24.1 Å². The molecule has 0 atom stereocenters. The Morgan fingerprint density at radius 3 is 1.66 bits per heavy atom. The number of benzene rings is 6. The van der Waals surface area contributed by atoms with Gasteiger partial charge in [-0.3, -0.25) is 4.57 Å². The van der Waals surface area contributed by atoms with E-state index in [1.54, 1.807) is 0 Å². The van der Waals surface area contributed by atoms with Crippen molar-refractivity contribution in [1.29, 1.82) is 0 Å². The third-order valence-corrected chi connectivity index (χ3v) is 9.11. The summed E-state index contributed by atoms with van der Waals surface area (Å²) in [6, 6.07) is 47.2. The van der Waals surface area contributed by atoms with Crippen LogP contribution in [0.25, 0.3) is 78.0 Å². The molecule has 0 N–H and O–H groups in total. The number of hydrogen-bond donors (Lipinski definition) is 0. The van der Waals surface area contributed by atoms with Crippen LogP contribution in [0.1, 0.15) is 16.7 Å². The van der Waals surface area contributed by atoms with E-state index in [0.29, 0.717) is 17.6 Å². The van der Waals surface area contributed by atoms with Crippen molar-refractivity contribution in [2.75, 3.05) is 0 Å². The summed E-state index contributed by atoms with van der Waals surface area (Å²) in [5, 5.41) is 4.72. The van der Waals surface area contributed by atoms with Gasteiger partial charge in [0.1, 0.15) is 0 Å². The van der Waals surface area contributed by atoms with Crippen LogP contribution in [0.5, 0.6) is 0 Å². The summed E-state index contributed by atoms with van der Waals surface area (Å²) in [6.45, 7) is 6.35. The highest BCUT2D eigenvalue weighted by atomic mass is 15.2. The number of nitrogens with zero attached hydrogens (tertiary/aromatic N) is 5. The van der Waals surface area contributed by atoms with Crippen molar-refractivity contribution in [3.63, 3.8) is 0 Å². The quantitative estimate of drug-likeness (QED) is 0.201. The number of fused-ring (bicyclic) bond motifs is 7. The molecule has 9 rings (SSSR count). The van der Waals surface area contributed by atoms with E-state index >= 15 is 0 Å². The Morgan fingerprint density at radius 2 is 0.979 bits per heavy atom. The molecule has 5 heteroatoms. The highest BCUT2D eigenvalue weighted by molar-refractivity contribution is 6.23. The summed E-state index contributed by atoms with van der Waals surface area (Å²) >= 11 is 0. The SMILES string of the molecule is Cc1cccc(-c2nc(-c3cccc(C)c3)nc(-n3c4ccccc4c4ccc5c6cc(C)ccc6n(-c6ccccc6)c5c43)n2)c1. The minimum atomic E-state index is 0.591. The molecule has 9 aromatic rings. The number of aryl methyl sites for hydroxylation is 3. The van der Waals surface area contributed by atoms with Crippen LogP contribution in [0, 0.1) is 20.8 Å². The lowest BCUT2D eigenvalue weighted by Crippen LogP contribution is -2.07. The summed E-state index contributed by atoms with van der Waals surface area (Å²) in [6.07, 6.45) is 0. The van der Waals surface area contributed by atoms with Crippen molar-refractivity contribution < 1.29 is 0 Å². The standard InChI is InChI=1S/C42H31N5/c1-26-11-9-13-29(23-26)40-43-41(30-14-10-12-27(2)24-30)45-42(44-40)47-36-18-8-7-17-32(36)33-20-21-34-35-25-28(3)19-22-37(35)46(38(34)39(33)47)31-15-5-4-6-16-31/h4-25H,1-3H3. The van der Waals surface area contributed by atoms with Crippen molar-refractivity contribution in [2.24, 2.45) is 0 Å². The minimum Gasteiger partial charge on any atom is -0.307 e. The normalized spacial score (nSPS) is 11.7. The molecule has 0 aliphatic carbocycles. The van der Waals surface area contributed by atoms with Crippen LogP contribution in [-0.4, -0.2) is 24.1 Å². The van der Waals surface area contributed by atoms with Crippen LogP contribution >= 0.6 is 0 Å². The maximum absolute atomic E-state index is 5.24. The first kappa shape index (κ1) is 27.3. The lowest BCUT2D eigenvalue weighted by atomic mass is 10.1. The number of hydrogen-bond acceptors (Lipinski definition) is 3. The Morgan fingerprint density at radius 1 is 0.404 bits per heavy atom. The van der Waals surface area contributed by atoms with E-state index in [1.807, 2.05) is 0 Å². The van der Waals surface area contributed by atoms with Gasteiger partial charge in [-0.2, -0.15) is 9.97 Å². The van der Waals surface area contributed by atoms with Gasteiger partial charge in [-0.1, -0.05) is 108 Å². The van der Waals surface area contributed by atoms with Crippen molar-refractivity contribution in [2.45, 2.75) is 20.8 Å². The Balaban J connectivity index is 1.47. The van der Waals surface area contributed by atoms with E-state index in [1.165, 1.54) is 16.3 Å². The number of rotatable bonds is 4. The predicted molar refractivity (Wildman–Crippen MR) is 194 cm³/mol. The first-order chi connectivity index (χ1) is 23.0. The molecule has 0 bridgehead atoms. The van der Waals surface area contributed by atoms with Crippen LogP contribution in [0.4, 0.5) is 0 Å². The van der Waals surface area contributed by atoms with E-state index in [0.717, 1.165) is 60.8 Å². The van der Waals surface area contributed by atoms with Gasteiger partial charge in [-0.05, 0) is 63.2 Å². The fraction of sp³-hybridized carbons (Fsp3) is 0.0714. The molecule has 0 aliphatic rings. The van der Waals surface area contributed by atoms with E-state index < -0.39 is 0 Å². The smallest absolute Gasteiger partial charge is 0.238 e. The van der Waals surface area contributed by atoms with Gasteiger partial charge < -0.3 is 4.57 Å². The van der Waals surface area contributed by atoms with Crippen LogP contribution in [0.2, 0.25) is 0 Å². The van der Waals surface area contributed by atoms with Gasteiger partial charge in [0.25, 0.3) is 0 Å². The lowest BCUT2D eigenvalue weighted by Gasteiger charge is -2.13. The average Bonchev–Trinajstić information content (AvgIpc) is 3.61. The third-order valence-electron chi connectivity index (χ3n) is 9.11. The molecule has 0 fully saturated rings. The van der Waals surface area contributed by atoms with Gasteiger partial charge in [-0.15, -0.1) is 0 Å². The van der Waals surface area contributed by atoms with E-state index in [4.69, 9.17) is 15.0 Å². The molecule has 0 saturated carbocycles. The second kappa shape index (κ2) is 10.5. The van der Waals surface area contributed by atoms with Crippen molar-refractivity contribution in [3.05, 3.63) is 150 Å². The van der Waals surface area contributed by atoms with Crippen molar-refractivity contribution >= 4 is 43.6 Å². The van der Waals surface area contributed by atoms with Gasteiger partial charge >= 0.3 is 0 Å². The molecule has 47 heavy (non-hydrogen) atoms. The Hall–Kier alpha value is -6.07. The Kier molecular flexibility index (Phi) is 6.09. The second-order valence-electron chi connectivity index (χ2n) is 12.4. The van der Waals surface area contributed by atoms with E-state index in [9.17, 15) is 0 Å². The van der Waals surface area contributed by atoms with E-state index in [2.05, 4.69) is 163 Å². The molecular weight excluding hydrogens is 574 g/mol. The Bertz CT molecular complexity index is 2600. The molecule has 0 amide bonds.